The highest BCUT2D eigenvalue weighted by atomic mass is 79.9. The summed E-state index contributed by atoms with van der Waals surface area (Å²) >= 11 is 3.42. The van der Waals surface area contributed by atoms with E-state index in [0.717, 1.165) is 10.0 Å². The molecule has 0 bridgehead atoms. The van der Waals surface area contributed by atoms with Crippen molar-refractivity contribution in [3.63, 3.8) is 0 Å². The summed E-state index contributed by atoms with van der Waals surface area (Å²) in [6, 6.07) is 15.5. The summed E-state index contributed by atoms with van der Waals surface area (Å²) < 4.78 is 0.810. The van der Waals surface area contributed by atoms with Crippen LogP contribution in [0.4, 0.5) is 0 Å². The summed E-state index contributed by atoms with van der Waals surface area (Å²) in [4.78, 5) is 10.9. The lowest BCUT2D eigenvalue weighted by Gasteiger charge is -2.15. The molecule has 0 radical (unpaired) electrons. The molecule has 3 nitrogen and oxygen atoms in total. The number of carboxylic acid groups (broad SMARTS) is 1. The van der Waals surface area contributed by atoms with Gasteiger partial charge in [0, 0.05) is 17.1 Å². The molecule has 0 saturated heterocycles. The molecule has 0 saturated carbocycles. The third kappa shape index (κ3) is 3.68. The number of rotatable bonds is 5. The van der Waals surface area contributed by atoms with Crippen LogP contribution < -0.4 is 5.32 Å². The molecule has 2 aromatic rings. The summed E-state index contributed by atoms with van der Waals surface area (Å²) in [6.07, 6.45) is 0. The van der Waals surface area contributed by atoms with E-state index in [0.29, 0.717) is 6.54 Å². The van der Waals surface area contributed by atoms with E-state index in [1.54, 1.807) is 12.1 Å². The molecule has 0 spiro atoms. The van der Waals surface area contributed by atoms with Crippen molar-refractivity contribution in [3.05, 3.63) is 69.7 Å². The van der Waals surface area contributed by atoms with Gasteiger partial charge >= 0.3 is 5.97 Å². The largest absolute Gasteiger partial charge is 0.478 e. The van der Waals surface area contributed by atoms with Crippen molar-refractivity contribution >= 4 is 21.9 Å². The molecule has 0 aliphatic rings. The molecule has 0 aliphatic heterocycles. The maximum atomic E-state index is 10.9. The van der Waals surface area contributed by atoms with Gasteiger partial charge in [-0.3, -0.25) is 0 Å². The predicted octanol–water partition coefficient (Wildman–Crippen LogP) is 4.00. The molecule has 0 aliphatic carbocycles. The maximum Gasteiger partial charge on any atom is 0.335 e. The quantitative estimate of drug-likeness (QED) is 0.869. The van der Waals surface area contributed by atoms with E-state index in [9.17, 15) is 4.79 Å². The molecule has 20 heavy (non-hydrogen) atoms. The first kappa shape index (κ1) is 14.8. The average molecular weight is 334 g/mol. The zero-order valence-corrected chi connectivity index (χ0v) is 12.7. The third-order valence-corrected chi connectivity index (χ3v) is 3.94. The lowest BCUT2D eigenvalue weighted by molar-refractivity contribution is 0.0697. The maximum absolute atomic E-state index is 10.9. The molecule has 2 N–H and O–H groups in total. The van der Waals surface area contributed by atoms with Crippen LogP contribution in [0.5, 0.6) is 0 Å². The fourth-order valence-corrected chi connectivity index (χ4v) is 2.47. The van der Waals surface area contributed by atoms with E-state index < -0.39 is 5.97 Å². The number of carboxylic acids is 1. The Morgan fingerprint density at radius 1 is 1.25 bits per heavy atom. The van der Waals surface area contributed by atoms with Crippen LogP contribution in [0, 0.1) is 0 Å². The van der Waals surface area contributed by atoms with Gasteiger partial charge in [-0.2, -0.15) is 0 Å². The number of hydrogen-bond donors (Lipinski definition) is 2. The van der Waals surface area contributed by atoms with E-state index in [1.165, 1.54) is 5.56 Å². The van der Waals surface area contributed by atoms with Gasteiger partial charge in [-0.1, -0.05) is 52.3 Å². The van der Waals surface area contributed by atoms with Crippen molar-refractivity contribution in [3.8, 4) is 0 Å². The smallest absolute Gasteiger partial charge is 0.335 e. The number of halogens is 1. The summed E-state index contributed by atoms with van der Waals surface area (Å²) in [6.45, 7) is 2.78. The molecular formula is C16H16BrNO2. The standard InChI is InChI=1S/C16H16BrNO2/c1-11(12-5-3-2-4-6-12)18-10-14-8-7-13(16(19)20)9-15(14)17/h2-9,11,18H,10H2,1H3,(H,19,20). The first-order valence-corrected chi connectivity index (χ1v) is 7.17. The SMILES string of the molecule is CC(NCc1ccc(C(=O)O)cc1Br)c1ccccc1. The van der Waals surface area contributed by atoms with E-state index in [4.69, 9.17) is 5.11 Å². The normalized spacial score (nSPS) is 12.1. The molecular weight excluding hydrogens is 318 g/mol. The van der Waals surface area contributed by atoms with Crippen LogP contribution in [-0.4, -0.2) is 11.1 Å². The molecule has 0 aromatic heterocycles. The van der Waals surface area contributed by atoms with E-state index in [-0.39, 0.29) is 11.6 Å². The van der Waals surface area contributed by atoms with Crippen molar-refractivity contribution in [2.45, 2.75) is 19.5 Å². The Bertz CT molecular complexity index is 599. The van der Waals surface area contributed by atoms with Crippen molar-refractivity contribution in [1.29, 1.82) is 0 Å². The van der Waals surface area contributed by atoms with E-state index in [1.807, 2.05) is 24.3 Å². The Morgan fingerprint density at radius 3 is 2.55 bits per heavy atom. The number of aromatic carboxylic acids is 1. The van der Waals surface area contributed by atoms with Crippen LogP contribution >= 0.6 is 15.9 Å². The van der Waals surface area contributed by atoms with Crippen molar-refractivity contribution in [2.24, 2.45) is 0 Å². The lowest BCUT2D eigenvalue weighted by atomic mass is 10.1. The first-order valence-electron chi connectivity index (χ1n) is 6.38. The summed E-state index contributed by atoms with van der Waals surface area (Å²) in [5, 5.41) is 12.4. The minimum Gasteiger partial charge on any atom is -0.478 e. The van der Waals surface area contributed by atoms with Crippen LogP contribution in [0.1, 0.15) is 34.5 Å². The van der Waals surface area contributed by atoms with Crippen LogP contribution in [0.3, 0.4) is 0 Å². The van der Waals surface area contributed by atoms with E-state index >= 15 is 0 Å². The molecule has 104 valence electrons. The lowest BCUT2D eigenvalue weighted by Crippen LogP contribution is -2.18. The zero-order valence-electron chi connectivity index (χ0n) is 11.1. The fraction of sp³-hybridized carbons (Fsp3) is 0.188. The molecule has 0 amide bonds. The summed E-state index contributed by atoms with van der Waals surface area (Å²) in [7, 11) is 0. The minimum absolute atomic E-state index is 0.238. The monoisotopic (exact) mass is 333 g/mol. The van der Waals surface area contributed by atoms with Crippen molar-refractivity contribution < 1.29 is 9.90 Å². The van der Waals surface area contributed by atoms with Crippen molar-refractivity contribution in [1.82, 2.24) is 5.32 Å². The van der Waals surface area contributed by atoms with Gasteiger partial charge in [-0.05, 0) is 30.2 Å². The molecule has 1 atom stereocenters. The van der Waals surface area contributed by atoms with Gasteiger partial charge in [0.05, 0.1) is 5.56 Å². The second-order valence-corrected chi connectivity index (χ2v) is 5.48. The van der Waals surface area contributed by atoms with Gasteiger partial charge < -0.3 is 10.4 Å². The van der Waals surface area contributed by atoms with Crippen LogP contribution in [0.25, 0.3) is 0 Å². The molecule has 4 heteroatoms. The zero-order chi connectivity index (χ0) is 14.5. The second kappa shape index (κ2) is 6.68. The number of hydrogen-bond acceptors (Lipinski definition) is 2. The van der Waals surface area contributed by atoms with Crippen LogP contribution in [-0.2, 0) is 6.54 Å². The van der Waals surface area contributed by atoms with Crippen molar-refractivity contribution in [2.75, 3.05) is 0 Å². The second-order valence-electron chi connectivity index (χ2n) is 4.62. The molecule has 0 fully saturated rings. The Balaban J connectivity index is 2.02. The van der Waals surface area contributed by atoms with Crippen LogP contribution in [0.15, 0.2) is 53.0 Å². The van der Waals surface area contributed by atoms with Gasteiger partial charge in [0.25, 0.3) is 0 Å². The van der Waals surface area contributed by atoms with Gasteiger partial charge in [-0.25, -0.2) is 4.79 Å². The molecule has 2 aromatic carbocycles. The molecule has 1 unspecified atom stereocenters. The van der Waals surface area contributed by atoms with Gasteiger partial charge in [0.2, 0.25) is 0 Å². The highest BCUT2D eigenvalue weighted by Crippen LogP contribution is 2.20. The first-order chi connectivity index (χ1) is 9.58. The summed E-state index contributed by atoms with van der Waals surface area (Å²) in [5.74, 6) is -0.914. The highest BCUT2D eigenvalue weighted by Gasteiger charge is 2.08. The minimum atomic E-state index is -0.914. The molecule has 2 rings (SSSR count). The Kier molecular flexibility index (Phi) is 4.93. The highest BCUT2D eigenvalue weighted by molar-refractivity contribution is 9.10. The Morgan fingerprint density at radius 2 is 1.95 bits per heavy atom. The van der Waals surface area contributed by atoms with Gasteiger partial charge in [0.15, 0.2) is 0 Å². The van der Waals surface area contributed by atoms with E-state index in [2.05, 4.69) is 40.3 Å². The third-order valence-electron chi connectivity index (χ3n) is 3.20. The number of carbonyl (C=O) groups is 1. The Labute approximate surface area is 126 Å². The number of benzene rings is 2. The topological polar surface area (TPSA) is 49.3 Å². The van der Waals surface area contributed by atoms with Gasteiger partial charge in [0.1, 0.15) is 0 Å². The molecule has 0 heterocycles. The predicted molar refractivity (Wildman–Crippen MR) is 82.8 cm³/mol. The average Bonchev–Trinajstić information content (AvgIpc) is 2.46. The fourth-order valence-electron chi connectivity index (χ4n) is 1.95. The van der Waals surface area contributed by atoms with Gasteiger partial charge in [-0.15, -0.1) is 0 Å². The number of nitrogens with one attached hydrogen (secondary N) is 1. The van der Waals surface area contributed by atoms with Crippen LogP contribution in [0.2, 0.25) is 0 Å². The summed E-state index contributed by atoms with van der Waals surface area (Å²) in [5.41, 5.74) is 2.56. The Hall–Kier alpha value is -1.65.